The highest BCUT2D eigenvalue weighted by molar-refractivity contribution is 5.85. The Bertz CT molecular complexity index is 252. The van der Waals surface area contributed by atoms with Crippen molar-refractivity contribution < 1.29 is 19.5 Å². The first-order chi connectivity index (χ1) is 6.91. The number of aliphatic carboxylic acids is 1. The zero-order chi connectivity index (χ0) is 11.8. The number of hydrogen-bond acceptors (Lipinski definition) is 3. The van der Waals surface area contributed by atoms with Crippen LogP contribution in [-0.2, 0) is 9.59 Å². The Balaban J connectivity index is 3.62. The Kier molecular flexibility index (Phi) is 5.84. The molecule has 7 heteroatoms. The molecule has 0 saturated carbocycles. The van der Waals surface area contributed by atoms with Gasteiger partial charge in [0.25, 0.3) is 0 Å². The molecule has 0 aromatic rings. The first-order valence-electron chi connectivity index (χ1n) is 4.44. The van der Waals surface area contributed by atoms with Gasteiger partial charge in [-0.25, -0.2) is 4.79 Å². The number of carboxylic acid groups (broad SMARTS) is 1. The second-order valence-electron chi connectivity index (χ2n) is 3.15. The van der Waals surface area contributed by atoms with Crippen LogP contribution in [0.4, 0.5) is 4.79 Å². The van der Waals surface area contributed by atoms with Crippen molar-refractivity contribution in [1.82, 2.24) is 16.0 Å². The van der Waals surface area contributed by atoms with Gasteiger partial charge in [-0.15, -0.1) is 0 Å². The molecule has 0 saturated heterocycles. The fourth-order valence-corrected chi connectivity index (χ4v) is 0.752. The number of amides is 3. The van der Waals surface area contributed by atoms with E-state index in [1.165, 1.54) is 0 Å². The van der Waals surface area contributed by atoms with E-state index in [9.17, 15) is 14.4 Å². The molecule has 0 aliphatic rings. The number of rotatable bonds is 5. The Labute approximate surface area is 87.2 Å². The fraction of sp³-hybridized carbons (Fsp3) is 0.625. The van der Waals surface area contributed by atoms with Crippen LogP contribution in [0.3, 0.4) is 0 Å². The van der Waals surface area contributed by atoms with Crippen LogP contribution in [0.1, 0.15) is 13.8 Å². The van der Waals surface area contributed by atoms with Crippen molar-refractivity contribution in [3.8, 4) is 0 Å². The monoisotopic (exact) mass is 217 g/mol. The summed E-state index contributed by atoms with van der Waals surface area (Å²) in [5.74, 6) is -1.47. The fourth-order valence-electron chi connectivity index (χ4n) is 0.752. The SMILES string of the molecule is CC(C)NC(=O)CNC(=O)NCC(=O)O. The lowest BCUT2D eigenvalue weighted by molar-refractivity contribution is -0.135. The molecule has 0 fully saturated rings. The number of urea groups is 1. The molecule has 0 aromatic carbocycles. The molecular formula is C8H15N3O4. The van der Waals surface area contributed by atoms with Gasteiger partial charge >= 0.3 is 12.0 Å². The summed E-state index contributed by atoms with van der Waals surface area (Å²) in [6, 6.07) is -0.683. The van der Waals surface area contributed by atoms with E-state index >= 15 is 0 Å². The van der Waals surface area contributed by atoms with Gasteiger partial charge in [-0.3, -0.25) is 9.59 Å². The van der Waals surface area contributed by atoms with Crippen molar-refractivity contribution in [2.45, 2.75) is 19.9 Å². The average Bonchev–Trinajstić information content (AvgIpc) is 2.10. The molecule has 7 nitrogen and oxygen atoms in total. The molecule has 0 aliphatic carbocycles. The van der Waals surface area contributed by atoms with E-state index in [0.717, 1.165) is 0 Å². The minimum absolute atomic E-state index is 0.00128. The van der Waals surface area contributed by atoms with Gasteiger partial charge in [-0.05, 0) is 13.8 Å². The van der Waals surface area contributed by atoms with E-state index in [1.54, 1.807) is 13.8 Å². The number of nitrogens with one attached hydrogen (secondary N) is 3. The van der Waals surface area contributed by atoms with E-state index in [2.05, 4.69) is 16.0 Å². The van der Waals surface area contributed by atoms with Crippen LogP contribution in [0.2, 0.25) is 0 Å². The predicted molar refractivity (Wildman–Crippen MR) is 52.3 cm³/mol. The maximum Gasteiger partial charge on any atom is 0.323 e. The molecule has 0 unspecified atom stereocenters. The second-order valence-corrected chi connectivity index (χ2v) is 3.15. The number of hydrogen-bond donors (Lipinski definition) is 4. The lowest BCUT2D eigenvalue weighted by atomic mass is 10.4. The Hall–Kier alpha value is -1.79. The molecule has 3 amide bonds. The van der Waals surface area contributed by atoms with Crippen LogP contribution in [0.25, 0.3) is 0 Å². The minimum atomic E-state index is -1.14. The van der Waals surface area contributed by atoms with Crippen LogP contribution >= 0.6 is 0 Å². The van der Waals surface area contributed by atoms with E-state index in [1.807, 2.05) is 0 Å². The van der Waals surface area contributed by atoms with Gasteiger partial charge in [0.15, 0.2) is 0 Å². The van der Waals surface area contributed by atoms with E-state index in [0.29, 0.717) is 0 Å². The van der Waals surface area contributed by atoms with Crippen LogP contribution < -0.4 is 16.0 Å². The summed E-state index contributed by atoms with van der Waals surface area (Å²) in [5, 5.41) is 15.1. The first-order valence-corrected chi connectivity index (χ1v) is 4.44. The van der Waals surface area contributed by atoms with Gasteiger partial charge in [-0.1, -0.05) is 0 Å². The Morgan fingerprint density at radius 1 is 1.13 bits per heavy atom. The van der Waals surface area contributed by atoms with Crippen molar-refractivity contribution in [3.63, 3.8) is 0 Å². The highest BCUT2D eigenvalue weighted by atomic mass is 16.4. The summed E-state index contributed by atoms with van der Waals surface area (Å²) in [5.41, 5.74) is 0. The smallest absolute Gasteiger partial charge is 0.323 e. The van der Waals surface area contributed by atoms with Crippen molar-refractivity contribution in [2.75, 3.05) is 13.1 Å². The zero-order valence-electron chi connectivity index (χ0n) is 8.66. The summed E-state index contributed by atoms with van der Waals surface area (Å²) >= 11 is 0. The van der Waals surface area contributed by atoms with Crippen molar-refractivity contribution in [3.05, 3.63) is 0 Å². The summed E-state index contributed by atoms with van der Waals surface area (Å²) < 4.78 is 0. The number of carboxylic acids is 1. The van der Waals surface area contributed by atoms with Crippen molar-refractivity contribution in [2.24, 2.45) is 0 Å². The molecule has 0 atom stereocenters. The molecule has 0 rings (SSSR count). The Morgan fingerprint density at radius 3 is 2.13 bits per heavy atom. The quantitative estimate of drug-likeness (QED) is 0.468. The number of carbonyl (C=O) groups is 3. The molecule has 0 bridgehead atoms. The van der Waals surface area contributed by atoms with Crippen molar-refractivity contribution in [1.29, 1.82) is 0 Å². The molecule has 0 heterocycles. The van der Waals surface area contributed by atoms with Gasteiger partial charge < -0.3 is 21.1 Å². The Morgan fingerprint density at radius 2 is 1.67 bits per heavy atom. The van der Waals surface area contributed by atoms with E-state index < -0.39 is 18.5 Å². The summed E-state index contributed by atoms with van der Waals surface area (Å²) in [6.45, 7) is 2.94. The van der Waals surface area contributed by atoms with E-state index in [4.69, 9.17) is 5.11 Å². The van der Waals surface area contributed by atoms with Crippen LogP contribution in [-0.4, -0.2) is 42.1 Å². The molecule has 0 aliphatic heterocycles. The highest BCUT2D eigenvalue weighted by Gasteiger charge is 2.06. The largest absolute Gasteiger partial charge is 0.480 e. The molecule has 0 radical (unpaired) electrons. The summed E-state index contributed by atoms with van der Waals surface area (Å²) in [4.78, 5) is 32.0. The summed E-state index contributed by atoms with van der Waals surface area (Å²) in [6.07, 6.45) is 0. The van der Waals surface area contributed by atoms with Gasteiger partial charge in [0.2, 0.25) is 5.91 Å². The van der Waals surface area contributed by atoms with E-state index in [-0.39, 0.29) is 18.5 Å². The molecule has 0 aromatic heterocycles. The van der Waals surface area contributed by atoms with Gasteiger partial charge in [-0.2, -0.15) is 0 Å². The minimum Gasteiger partial charge on any atom is -0.480 e. The van der Waals surface area contributed by atoms with Gasteiger partial charge in [0.1, 0.15) is 6.54 Å². The highest BCUT2D eigenvalue weighted by Crippen LogP contribution is 1.75. The molecule has 15 heavy (non-hydrogen) atoms. The van der Waals surface area contributed by atoms with Crippen LogP contribution in [0, 0.1) is 0 Å². The molecule has 4 N–H and O–H groups in total. The maximum absolute atomic E-state index is 11.0. The lowest BCUT2D eigenvalue weighted by Crippen LogP contribution is -2.44. The normalized spacial score (nSPS) is 9.53. The third kappa shape index (κ3) is 8.54. The lowest BCUT2D eigenvalue weighted by Gasteiger charge is -2.09. The predicted octanol–water partition coefficient (Wildman–Crippen LogP) is -1.11. The third-order valence-corrected chi connectivity index (χ3v) is 1.26. The van der Waals surface area contributed by atoms with Crippen molar-refractivity contribution >= 4 is 17.9 Å². The second kappa shape index (κ2) is 6.63. The number of carbonyl (C=O) groups excluding carboxylic acids is 2. The van der Waals surface area contributed by atoms with Crippen LogP contribution in [0.15, 0.2) is 0 Å². The topological polar surface area (TPSA) is 108 Å². The average molecular weight is 217 g/mol. The summed E-state index contributed by atoms with van der Waals surface area (Å²) in [7, 11) is 0. The third-order valence-electron chi connectivity index (χ3n) is 1.26. The molecular weight excluding hydrogens is 202 g/mol. The molecule has 0 spiro atoms. The molecule has 86 valence electrons. The van der Waals surface area contributed by atoms with Crippen LogP contribution in [0.5, 0.6) is 0 Å². The maximum atomic E-state index is 11.0. The first kappa shape index (κ1) is 13.2. The van der Waals surface area contributed by atoms with Gasteiger partial charge in [0, 0.05) is 6.04 Å². The standard InChI is InChI=1S/C8H15N3O4/c1-5(2)11-6(12)3-9-8(15)10-4-7(13)14/h5H,3-4H2,1-2H3,(H,11,12)(H,13,14)(H2,9,10,15). The zero-order valence-corrected chi connectivity index (χ0v) is 8.66. The van der Waals surface area contributed by atoms with Gasteiger partial charge in [0.05, 0.1) is 6.54 Å².